The molecular weight excluding hydrogens is 220 g/mol. The molecule has 16 heavy (non-hydrogen) atoms. The second-order valence-electron chi connectivity index (χ2n) is 3.78. The van der Waals surface area contributed by atoms with E-state index in [0.29, 0.717) is 6.54 Å². The minimum atomic E-state index is 0.0946. The SMILES string of the molecule is CC(=O)C1=CN=C2Sc3ccccc3N2C1. The van der Waals surface area contributed by atoms with Crippen LogP contribution in [0.2, 0.25) is 0 Å². The van der Waals surface area contributed by atoms with Crippen molar-refractivity contribution in [2.75, 3.05) is 11.4 Å². The topological polar surface area (TPSA) is 32.7 Å². The Morgan fingerprint density at radius 2 is 2.25 bits per heavy atom. The van der Waals surface area contributed by atoms with E-state index < -0.39 is 0 Å². The fourth-order valence-electron chi connectivity index (χ4n) is 1.82. The molecule has 0 N–H and O–H groups in total. The predicted molar refractivity (Wildman–Crippen MR) is 65.8 cm³/mol. The summed E-state index contributed by atoms with van der Waals surface area (Å²) in [6.07, 6.45) is 1.69. The van der Waals surface area contributed by atoms with Gasteiger partial charge in [0.05, 0.1) is 12.2 Å². The average Bonchev–Trinajstić information content (AvgIpc) is 2.66. The molecule has 1 aromatic carbocycles. The quantitative estimate of drug-likeness (QED) is 0.743. The summed E-state index contributed by atoms with van der Waals surface area (Å²) < 4.78 is 0. The molecule has 4 heteroatoms. The number of ketones is 1. The fraction of sp³-hybridized carbons (Fsp3) is 0.167. The molecule has 0 saturated heterocycles. The number of anilines is 1. The van der Waals surface area contributed by atoms with Crippen molar-refractivity contribution in [2.45, 2.75) is 11.8 Å². The van der Waals surface area contributed by atoms with E-state index in [4.69, 9.17) is 0 Å². The van der Waals surface area contributed by atoms with E-state index in [9.17, 15) is 4.79 Å². The fourth-order valence-corrected chi connectivity index (χ4v) is 2.82. The molecule has 0 bridgehead atoms. The summed E-state index contributed by atoms with van der Waals surface area (Å²) in [5, 5.41) is 0.964. The smallest absolute Gasteiger partial charge is 0.173 e. The molecule has 0 unspecified atom stereocenters. The van der Waals surface area contributed by atoms with Crippen molar-refractivity contribution in [3.05, 3.63) is 36.0 Å². The molecule has 1 aromatic rings. The van der Waals surface area contributed by atoms with Crippen molar-refractivity contribution >= 4 is 28.4 Å². The van der Waals surface area contributed by atoms with Gasteiger partial charge in [-0.3, -0.25) is 4.79 Å². The second kappa shape index (κ2) is 3.49. The van der Waals surface area contributed by atoms with Gasteiger partial charge in [0.2, 0.25) is 0 Å². The van der Waals surface area contributed by atoms with Crippen molar-refractivity contribution in [3.8, 4) is 0 Å². The zero-order chi connectivity index (χ0) is 11.1. The minimum Gasteiger partial charge on any atom is -0.315 e. The van der Waals surface area contributed by atoms with E-state index in [1.165, 1.54) is 4.90 Å². The summed E-state index contributed by atoms with van der Waals surface area (Å²) in [6.45, 7) is 2.22. The number of carbonyl (C=O) groups is 1. The Morgan fingerprint density at radius 1 is 1.44 bits per heavy atom. The van der Waals surface area contributed by atoms with Crippen LogP contribution in [0.15, 0.2) is 45.9 Å². The van der Waals surface area contributed by atoms with Crippen LogP contribution < -0.4 is 4.90 Å². The number of Topliss-reactive ketones (excluding diaryl/α,β-unsaturated/α-hetero) is 1. The molecule has 0 spiro atoms. The molecule has 2 heterocycles. The summed E-state index contributed by atoms with van der Waals surface area (Å²) in [4.78, 5) is 19.0. The summed E-state index contributed by atoms with van der Waals surface area (Å²) in [6, 6.07) is 8.17. The summed E-state index contributed by atoms with van der Waals surface area (Å²) in [5.41, 5.74) is 1.92. The maximum Gasteiger partial charge on any atom is 0.173 e. The zero-order valence-corrected chi connectivity index (χ0v) is 9.62. The van der Waals surface area contributed by atoms with Gasteiger partial charge < -0.3 is 4.90 Å². The van der Waals surface area contributed by atoms with E-state index in [1.54, 1.807) is 24.9 Å². The van der Waals surface area contributed by atoms with Gasteiger partial charge in [-0.15, -0.1) is 0 Å². The highest BCUT2D eigenvalue weighted by atomic mass is 32.2. The van der Waals surface area contributed by atoms with Gasteiger partial charge in [0.15, 0.2) is 11.0 Å². The Hall–Kier alpha value is -1.55. The molecule has 2 aliphatic rings. The third kappa shape index (κ3) is 1.38. The van der Waals surface area contributed by atoms with Crippen LogP contribution in [-0.2, 0) is 4.79 Å². The van der Waals surface area contributed by atoms with Gasteiger partial charge in [-0.1, -0.05) is 12.1 Å². The van der Waals surface area contributed by atoms with Crippen LogP contribution >= 0.6 is 11.8 Å². The first-order chi connectivity index (χ1) is 7.75. The number of carbonyl (C=O) groups excluding carboxylic acids is 1. The minimum absolute atomic E-state index is 0.0946. The van der Waals surface area contributed by atoms with Gasteiger partial charge in [-0.25, -0.2) is 4.99 Å². The predicted octanol–water partition coefficient (Wildman–Crippen LogP) is 2.44. The van der Waals surface area contributed by atoms with Crippen molar-refractivity contribution in [3.63, 3.8) is 0 Å². The number of fused-ring (bicyclic) bond motifs is 3. The number of benzene rings is 1. The molecule has 0 atom stereocenters. The lowest BCUT2D eigenvalue weighted by Crippen LogP contribution is -2.31. The zero-order valence-electron chi connectivity index (χ0n) is 8.80. The third-order valence-electron chi connectivity index (χ3n) is 2.70. The van der Waals surface area contributed by atoms with Crippen LogP contribution in [0.4, 0.5) is 5.69 Å². The lowest BCUT2D eigenvalue weighted by molar-refractivity contribution is -0.113. The van der Waals surface area contributed by atoms with E-state index in [1.807, 2.05) is 12.1 Å². The van der Waals surface area contributed by atoms with Crippen molar-refractivity contribution in [2.24, 2.45) is 4.99 Å². The second-order valence-corrected chi connectivity index (χ2v) is 4.79. The summed E-state index contributed by atoms with van der Waals surface area (Å²) >= 11 is 1.65. The van der Waals surface area contributed by atoms with Gasteiger partial charge in [0.25, 0.3) is 0 Å². The molecule has 2 aliphatic heterocycles. The number of para-hydroxylation sites is 1. The van der Waals surface area contributed by atoms with Crippen LogP contribution in [0.5, 0.6) is 0 Å². The normalized spacial score (nSPS) is 17.4. The largest absolute Gasteiger partial charge is 0.315 e. The highest BCUT2D eigenvalue weighted by molar-refractivity contribution is 8.14. The molecule has 80 valence electrons. The molecule has 0 radical (unpaired) electrons. The molecule has 0 aliphatic carbocycles. The standard InChI is InChI=1S/C12H10N2OS/c1-8(15)9-6-13-12-14(7-9)10-4-2-3-5-11(10)16-12/h2-6H,7H2,1H3. The van der Waals surface area contributed by atoms with Gasteiger partial charge in [0.1, 0.15) is 0 Å². The Labute approximate surface area is 97.9 Å². The molecule has 0 saturated carbocycles. The molecular formula is C12H10N2OS. The average molecular weight is 230 g/mol. The van der Waals surface area contributed by atoms with Crippen molar-refractivity contribution in [1.82, 2.24) is 0 Å². The van der Waals surface area contributed by atoms with Crippen LogP contribution in [0.25, 0.3) is 0 Å². The first-order valence-corrected chi connectivity index (χ1v) is 5.89. The molecule has 3 rings (SSSR count). The van der Waals surface area contributed by atoms with E-state index in [0.717, 1.165) is 16.4 Å². The van der Waals surface area contributed by atoms with Crippen molar-refractivity contribution < 1.29 is 4.79 Å². The lowest BCUT2D eigenvalue weighted by Gasteiger charge is -2.22. The van der Waals surface area contributed by atoms with Gasteiger partial charge >= 0.3 is 0 Å². The lowest BCUT2D eigenvalue weighted by atomic mass is 10.1. The molecule has 3 nitrogen and oxygen atoms in total. The Balaban J connectivity index is 2.02. The summed E-state index contributed by atoms with van der Waals surface area (Å²) in [7, 11) is 0. The maximum atomic E-state index is 11.3. The molecule has 0 amide bonds. The number of hydrogen-bond acceptors (Lipinski definition) is 4. The Bertz CT molecular complexity index is 534. The number of rotatable bonds is 1. The van der Waals surface area contributed by atoms with Gasteiger partial charge in [-0.2, -0.15) is 0 Å². The van der Waals surface area contributed by atoms with Crippen LogP contribution in [0.1, 0.15) is 6.92 Å². The first-order valence-electron chi connectivity index (χ1n) is 5.08. The highest BCUT2D eigenvalue weighted by Gasteiger charge is 2.29. The van der Waals surface area contributed by atoms with Crippen LogP contribution in [-0.4, -0.2) is 17.5 Å². The number of amidine groups is 1. The molecule has 0 aromatic heterocycles. The number of hydrogen-bond donors (Lipinski definition) is 0. The summed E-state index contributed by atoms with van der Waals surface area (Å²) in [5.74, 6) is 0.0946. The van der Waals surface area contributed by atoms with Gasteiger partial charge in [-0.05, 0) is 30.8 Å². The number of aliphatic imine (C=N–C) groups is 1. The highest BCUT2D eigenvalue weighted by Crippen LogP contribution is 2.41. The Kier molecular flexibility index (Phi) is 2.11. The van der Waals surface area contributed by atoms with Crippen LogP contribution in [0.3, 0.4) is 0 Å². The van der Waals surface area contributed by atoms with Crippen LogP contribution in [0, 0.1) is 0 Å². The maximum absolute atomic E-state index is 11.3. The Morgan fingerprint density at radius 3 is 3.06 bits per heavy atom. The van der Waals surface area contributed by atoms with E-state index in [-0.39, 0.29) is 5.78 Å². The third-order valence-corrected chi connectivity index (χ3v) is 3.77. The monoisotopic (exact) mass is 230 g/mol. The van der Waals surface area contributed by atoms with Gasteiger partial charge in [0, 0.05) is 16.7 Å². The number of nitrogens with zero attached hydrogens (tertiary/aromatic N) is 2. The molecule has 0 fully saturated rings. The van der Waals surface area contributed by atoms with Crippen molar-refractivity contribution in [1.29, 1.82) is 0 Å². The van der Waals surface area contributed by atoms with E-state index in [2.05, 4.69) is 22.0 Å². The first kappa shape index (κ1) is 9.66. The number of thioether (sulfide) groups is 1. The van der Waals surface area contributed by atoms with E-state index >= 15 is 0 Å².